The monoisotopic (exact) mass is 490 g/mol. The molecule has 1 aromatic heterocycles. The Labute approximate surface area is 197 Å². The number of hydrogen-bond donors (Lipinski definition) is 1. The van der Waals surface area contributed by atoms with E-state index in [1.807, 2.05) is 0 Å². The van der Waals surface area contributed by atoms with Crippen molar-refractivity contribution >= 4 is 27.5 Å². The van der Waals surface area contributed by atoms with Crippen LogP contribution in [0.4, 0.5) is 4.39 Å². The molecule has 174 valence electrons. The summed E-state index contributed by atoms with van der Waals surface area (Å²) < 4.78 is 42.8. The van der Waals surface area contributed by atoms with Gasteiger partial charge in [-0.15, -0.1) is 0 Å². The van der Waals surface area contributed by atoms with Crippen molar-refractivity contribution in [3.05, 3.63) is 83.2 Å². The molecule has 10 heteroatoms. The van der Waals surface area contributed by atoms with Gasteiger partial charge in [0.2, 0.25) is 15.9 Å². The van der Waals surface area contributed by atoms with Crippen LogP contribution in [0.25, 0.3) is 0 Å². The first kappa shape index (κ1) is 23.4. The van der Waals surface area contributed by atoms with Crippen LogP contribution in [0.15, 0.2) is 65.8 Å². The van der Waals surface area contributed by atoms with E-state index in [1.165, 1.54) is 28.6 Å². The normalized spacial score (nSPS) is 16.5. The molecular weight excluding hydrogens is 467 g/mol. The number of halogens is 2. The summed E-state index contributed by atoms with van der Waals surface area (Å²) in [4.78, 5) is 17.6. The Bertz CT molecular complexity index is 1240. The smallest absolute Gasteiger partial charge is 0.243 e. The molecule has 2 heterocycles. The first-order valence-electron chi connectivity index (χ1n) is 10.5. The number of imidazole rings is 1. The van der Waals surface area contributed by atoms with Gasteiger partial charge in [0, 0.05) is 43.5 Å². The third-order valence-electron chi connectivity index (χ3n) is 5.86. The van der Waals surface area contributed by atoms with Crippen molar-refractivity contribution in [2.75, 3.05) is 13.1 Å². The van der Waals surface area contributed by atoms with Gasteiger partial charge in [-0.05, 0) is 54.8 Å². The number of carbonyl (C=O) groups is 1. The van der Waals surface area contributed by atoms with E-state index in [0.717, 1.165) is 0 Å². The second-order valence-corrected chi connectivity index (χ2v) is 10.4. The highest BCUT2D eigenvalue weighted by molar-refractivity contribution is 7.89. The number of aromatic nitrogens is 2. The van der Waals surface area contributed by atoms with Gasteiger partial charge in [-0.2, -0.15) is 4.31 Å². The fourth-order valence-corrected chi connectivity index (χ4v) is 5.61. The van der Waals surface area contributed by atoms with Crippen LogP contribution in [0.5, 0.6) is 0 Å². The maximum absolute atomic E-state index is 13.9. The Hall–Kier alpha value is -2.75. The van der Waals surface area contributed by atoms with Crippen LogP contribution < -0.4 is 5.32 Å². The Morgan fingerprint density at radius 1 is 1.18 bits per heavy atom. The molecule has 1 saturated heterocycles. The number of piperidine rings is 1. The van der Waals surface area contributed by atoms with E-state index in [0.29, 0.717) is 29.3 Å². The zero-order chi connectivity index (χ0) is 23.6. The predicted molar refractivity (Wildman–Crippen MR) is 123 cm³/mol. The van der Waals surface area contributed by atoms with Crippen LogP contribution in [0.1, 0.15) is 30.3 Å². The number of aryl methyl sites for hydroxylation is 1. The second kappa shape index (κ2) is 9.62. The molecule has 1 fully saturated rings. The molecule has 4 rings (SSSR count). The molecule has 0 spiro atoms. The third kappa shape index (κ3) is 5.10. The van der Waals surface area contributed by atoms with E-state index in [1.54, 1.807) is 48.3 Å². The highest BCUT2D eigenvalue weighted by Gasteiger charge is 2.33. The van der Waals surface area contributed by atoms with E-state index >= 15 is 0 Å². The maximum atomic E-state index is 13.9. The van der Waals surface area contributed by atoms with E-state index in [-0.39, 0.29) is 29.8 Å². The average molecular weight is 491 g/mol. The molecule has 3 aromatic rings. The Kier molecular flexibility index (Phi) is 6.83. The van der Waals surface area contributed by atoms with Crippen LogP contribution >= 0.6 is 11.6 Å². The van der Waals surface area contributed by atoms with Crippen molar-refractivity contribution in [2.24, 2.45) is 13.0 Å². The SMILES string of the molecule is Cn1ccnc1[C@H](NC(=O)C1CCN(S(=O)(=O)c2ccc(Cl)cc2)CC1)c1cccc(F)c1. The van der Waals surface area contributed by atoms with Gasteiger partial charge in [0.05, 0.1) is 4.90 Å². The number of sulfonamides is 1. The van der Waals surface area contributed by atoms with Crippen molar-refractivity contribution in [1.82, 2.24) is 19.2 Å². The number of amides is 1. The van der Waals surface area contributed by atoms with Crippen molar-refractivity contribution in [1.29, 1.82) is 0 Å². The Balaban J connectivity index is 1.46. The summed E-state index contributed by atoms with van der Waals surface area (Å²) >= 11 is 5.86. The molecule has 1 atom stereocenters. The summed E-state index contributed by atoms with van der Waals surface area (Å²) in [5, 5.41) is 3.46. The first-order chi connectivity index (χ1) is 15.8. The van der Waals surface area contributed by atoms with Gasteiger partial charge in [0.25, 0.3) is 0 Å². The van der Waals surface area contributed by atoms with Gasteiger partial charge in [-0.25, -0.2) is 17.8 Å². The Morgan fingerprint density at radius 3 is 2.48 bits per heavy atom. The highest BCUT2D eigenvalue weighted by atomic mass is 35.5. The van der Waals surface area contributed by atoms with E-state index in [4.69, 9.17) is 11.6 Å². The summed E-state index contributed by atoms with van der Waals surface area (Å²) in [6.07, 6.45) is 4.14. The summed E-state index contributed by atoms with van der Waals surface area (Å²) in [5.41, 5.74) is 0.584. The number of nitrogens with one attached hydrogen (secondary N) is 1. The molecular formula is C23H24ClFN4O3S. The molecule has 1 N–H and O–H groups in total. The Morgan fingerprint density at radius 2 is 1.88 bits per heavy atom. The molecule has 1 aliphatic heterocycles. The molecule has 0 unspecified atom stereocenters. The fourth-order valence-electron chi connectivity index (χ4n) is 4.01. The van der Waals surface area contributed by atoms with Gasteiger partial charge in [0.15, 0.2) is 0 Å². The summed E-state index contributed by atoms with van der Waals surface area (Å²) in [5.74, 6) is -0.396. The lowest BCUT2D eigenvalue weighted by atomic mass is 9.96. The molecule has 0 radical (unpaired) electrons. The highest BCUT2D eigenvalue weighted by Crippen LogP contribution is 2.27. The minimum absolute atomic E-state index is 0.177. The van der Waals surface area contributed by atoms with E-state index < -0.39 is 21.9 Å². The number of nitrogens with zero attached hydrogens (tertiary/aromatic N) is 3. The lowest BCUT2D eigenvalue weighted by Crippen LogP contribution is -2.44. The maximum Gasteiger partial charge on any atom is 0.243 e. The van der Waals surface area contributed by atoms with E-state index in [9.17, 15) is 17.6 Å². The molecule has 2 aromatic carbocycles. The molecule has 0 bridgehead atoms. The molecule has 7 nitrogen and oxygen atoms in total. The first-order valence-corrected chi connectivity index (χ1v) is 12.4. The fraction of sp³-hybridized carbons (Fsp3) is 0.304. The standard InChI is InChI=1S/C23H24ClFN4O3S/c1-28-14-11-26-22(28)21(17-3-2-4-19(25)15-17)27-23(30)16-9-12-29(13-10-16)33(31,32)20-7-5-18(24)6-8-20/h2-8,11,14-16,21H,9-10,12-13H2,1H3,(H,27,30)/t21-/m1/s1. The van der Waals surface area contributed by atoms with Crippen molar-refractivity contribution < 1.29 is 17.6 Å². The number of benzene rings is 2. The molecule has 0 aliphatic carbocycles. The zero-order valence-electron chi connectivity index (χ0n) is 18.0. The lowest BCUT2D eigenvalue weighted by molar-refractivity contribution is -0.126. The second-order valence-electron chi connectivity index (χ2n) is 8.03. The van der Waals surface area contributed by atoms with Gasteiger partial charge in [0.1, 0.15) is 17.7 Å². The van der Waals surface area contributed by atoms with Crippen LogP contribution in [0.2, 0.25) is 5.02 Å². The van der Waals surface area contributed by atoms with E-state index in [2.05, 4.69) is 10.3 Å². The van der Waals surface area contributed by atoms with Crippen molar-refractivity contribution in [3.8, 4) is 0 Å². The summed E-state index contributed by atoms with van der Waals surface area (Å²) in [6.45, 7) is 0.464. The molecule has 0 saturated carbocycles. The van der Waals surface area contributed by atoms with Crippen LogP contribution in [-0.2, 0) is 21.9 Å². The van der Waals surface area contributed by atoms with Gasteiger partial charge in [-0.3, -0.25) is 4.79 Å². The molecule has 1 aliphatic rings. The number of rotatable bonds is 6. The molecule has 33 heavy (non-hydrogen) atoms. The predicted octanol–water partition coefficient (Wildman–Crippen LogP) is 3.52. The lowest BCUT2D eigenvalue weighted by Gasteiger charge is -2.31. The minimum atomic E-state index is -3.65. The largest absolute Gasteiger partial charge is 0.342 e. The minimum Gasteiger partial charge on any atom is -0.342 e. The average Bonchev–Trinajstić information content (AvgIpc) is 3.23. The summed E-state index contributed by atoms with van der Waals surface area (Å²) in [6, 6.07) is 11.5. The van der Waals surface area contributed by atoms with Gasteiger partial charge < -0.3 is 9.88 Å². The summed E-state index contributed by atoms with van der Waals surface area (Å²) in [7, 11) is -1.85. The molecule has 1 amide bonds. The third-order valence-corrected chi connectivity index (χ3v) is 8.03. The van der Waals surface area contributed by atoms with Crippen LogP contribution in [0.3, 0.4) is 0 Å². The zero-order valence-corrected chi connectivity index (χ0v) is 19.6. The van der Waals surface area contributed by atoms with Crippen molar-refractivity contribution in [3.63, 3.8) is 0 Å². The van der Waals surface area contributed by atoms with Crippen molar-refractivity contribution in [2.45, 2.75) is 23.8 Å². The number of hydrogen-bond acceptors (Lipinski definition) is 4. The number of carbonyl (C=O) groups excluding carboxylic acids is 1. The van der Waals surface area contributed by atoms with Crippen LogP contribution in [0, 0.1) is 11.7 Å². The van der Waals surface area contributed by atoms with Gasteiger partial charge in [-0.1, -0.05) is 23.7 Å². The topological polar surface area (TPSA) is 84.3 Å². The van der Waals surface area contributed by atoms with Gasteiger partial charge >= 0.3 is 0 Å². The van der Waals surface area contributed by atoms with Crippen LogP contribution in [-0.4, -0.2) is 41.3 Å². The quantitative estimate of drug-likeness (QED) is 0.573.